The minimum absolute atomic E-state index is 0.00538. The molecule has 1 saturated heterocycles. The molecule has 0 unspecified atom stereocenters. The van der Waals surface area contributed by atoms with Gasteiger partial charge in [-0.3, -0.25) is 4.98 Å². The number of carbonyl (C=O) groups is 1. The smallest absolute Gasteiger partial charge is 0.337 e. The first-order valence-electron chi connectivity index (χ1n) is 13.7. The van der Waals surface area contributed by atoms with E-state index in [-0.39, 0.29) is 17.4 Å². The predicted octanol–water partition coefficient (Wildman–Crippen LogP) is 6.73. The molecule has 4 rings (SSSR count). The molecular formula is C30H42FN3O4. The summed E-state index contributed by atoms with van der Waals surface area (Å²) in [7, 11) is 0. The van der Waals surface area contributed by atoms with Gasteiger partial charge in [0.25, 0.3) is 5.88 Å². The van der Waals surface area contributed by atoms with E-state index in [1.165, 1.54) is 12.5 Å². The summed E-state index contributed by atoms with van der Waals surface area (Å²) in [5, 5.41) is 10.3. The van der Waals surface area contributed by atoms with E-state index in [4.69, 9.17) is 9.47 Å². The van der Waals surface area contributed by atoms with Gasteiger partial charge in [0, 0.05) is 47.9 Å². The second kappa shape index (κ2) is 10.8. The van der Waals surface area contributed by atoms with E-state index in [1.807, 2.05) is 27.7 Å². The van der Waals surface area contributed by atoms with Crippen molar-refractivity contribution in [3.63, 3.8) is 0 Å². The zero-order valence-electron chi connectivity index (χ0n) is 23.8. The molecule has 8 heteroatoms. The Balaban J connectivity index is 1.80. The number of hydrogen-bond acceptors (Lipinski definition) is 6. The lowest BCUT2D eigenvalue weighted by Crippen LogP contribution is -2.39. The molecule has 0 amide bonds. The Kier molecular flexibility index (Phi) is 8.03. The standard InChI is InChI=1S/C30H42FN3O4/c1-18-24(26(28(35)36)38-29(3,4)5)25(34-13-11-30(6,7)12-14-34)22(17-32-18)21-15-23(31)27(33-16-21)37-19(2)20-9-8-10-20/h15-17,19-20,26H,8-14H2,1-7H3,(H,35,36)/t19-,26-/m0/s1. The first-order chi connectivity index (χ1) is 17.8. The number of carboxylic acids is 1. The van der Waals surface area contributed by atoms with Crippen LogP contribution < -0.4 is 9.64 Å². The predicted molar refractivity (Wildman–Crippen MR) is 146 cm³/mol. The fourth-order valence-corrected chi connectivity index (χ4v) is 5.24. The van der Waals surface area contributed by atoms with Crippen LogP contribution in [-0.4, -0.2) is 45.8 Å². The van der Waals surface area contributed by atoms with Crippen LogP contribution in [0.1, 0.15) is 91.0 Å². The number of hydrogen-bond donors (Lipinski definition) is 1. The molecule has 1 N–H and O–H groups in total. The summed E-state index contributed by atoms with van der Waals surface area (Å²) < 4.78 is 27.3. The van der Waals surface area contributed by atoms with Crippen LogP contribution in [0.3, 0.4) is 0 Å². The summed E-state index contributed by atoms with van der Waals surface area (Å²) >= 11 is 0. The molecule has 1 aliphatic heterocycles. The van der Waals surface area contributed by atoms with Gasteiger partial charge >= 0.3 is 5.97 Å². The molecule has 2 aromatic rings. The van der Waals surface area contributed by atoms with Crippen LogP contribution in [0.4, 0.5) is 10.1 Å². The number of anilines is 1. The molecule has 7 nitrogen and oxygen atoms in total. The third kappa shape index (κ3) is 6.28. The molecule has 0 radical (unpaired) electrons. The summed E-state index contributed by atoms with van der Waals surface area (Å²) in [4.78, 5) is 23.7. The highest BCUT2D eigenvalue weighted by molar-refractivity contribution is 5.86. The van der Waals surface area contributed by atoms with Crippen LogP contribution in [0.5, 0.6) is 5.88 Å². The number of halogens is 1. The highest BCUT2D eigenvalue weighted by Crippen LogP contribution is 2.43. The maximum Gasteiger partial charge on any atom is 0.337 e. The average Bonchev–Trinajstić information content (AvgIpc) is 2.77. The average molecular weight is 528 g/mol. The topological polar surface area (TPSA) is 84.8 Å². The van der Waals surface area contributed by atoms with Gasteiger partial charge in [0.15, 0.2) is 11.9 Å². The largest absolute Gasteiger partial charge is 0.479 e. The monoisotopic (exact) mass is 527 g/mol. The lowest BCUT2D eigenvalue weighted by molar-refractivity contribution is -0.160. The quantitative estimate of drug-likeness (QED) is 0.408. The molecule has 208 valence electrons. The van der Waals surface area contributed by atoms with Crippen molar-refractivity contribution in [1.29, 1.82) is 0 Å². The van der Waals surface area contributed by atoms with Crippen molar-refractivity contribution in [3.05, 3.63) is 35.5 Å². The Bertz CT molecular complexity index is 1160. The van der Waals surface area contributed by atoms with Gasteiger partial charge in [-0.05, 0) is 77.7 Å². The Labute approximate surface area is 225 Å². The van der Waals surface area contributed by atoms with Gasteiger partial charge in [-0.15, -0.1) is 0 Å². The molecule has 2 atom stereocenters. The summed E-state index contributed by atoms with van der Waals surface area (Å²) in [6.07, 6.45) is 7.23. The SMILES string of the molecule is Cc1ncc(-c2cnc(O[C@@H](C)C3CCC3)c(F)c2)c(N2CCC(C)(C)CC2)c1[C@H](OC(C)(C)C)C(=O)O. The fourth-order valence-electron chi connectivity index (χ4n) is 5.24. The number of aromatic nitrogens is 2. The highest BCUT2D eigenvalue weighted by atomic mass is 19.1. The second-order valence-corrected chi connectivity index (χ2v) is 12.6. The second-order valence-electron chi connectivity index (χ2n) is 12.6. The molecule has 3 heterocycles. The van der Waals surface area contributed by atoms with E-state index in [9.17, 15) is 9.90 Å². The minimum atomic E-state index is -1.23. The molecule has 2 aromatic heterocycles. The molecule has 2 fully saturated rings. The van der Waals surface area contributed by atoms with Gasteiger partial charge in [-0.1, -0.05) is 20.3 Å². The Morgan fingerprint density at radius 2 is 1.84 bits per heavy atom. The van der Waals surface area contributed by atoms with Gasteiger partial charge in [0.2, 0.25) is 0 Å². The lowest BCUT2D eigenvalue weighted by atomic mass is 9.82. The zero-order chi connectivity index (χ0) is 27.8. The van der Waals surface area contributed by atoms with E-state index in [0.29, 0.717) is 28.3 Å². The molecular weight excluding hydrogens is 485 g/mol. The van der Waals surface area contributed by atoms with E-state index in [2.05, 4.69) is 28.7 Å². The summed E-state index contributed by atoms with van der Waals surface area (Å²) in [6, 6.07) is 1.42. The number of rotatable bonds is 8. The van der Waals surface area contributed by atoms with Crippen molar-refractivity contribution in [2.45, 2.75) is 98.4 Å². The normalized spacial score (nSPS) is 19.5. The fraction of sp³-hybridized carbons (Fsp3) is 0.633. The number of piperidine rings is 1. The Hall–Kier alpha value is -2.74. The van der Waals surface area contributed by atoms with E-state index >= 15 is 4.39 Å². The summed E-state index contributed by atoms with van der Waals surface area (Å²) in [5.74, 6) is -1.19. The van der Waals surface area contributed by atoms with Crippen LogP contribution in [0, 0.1) is 24.1 Å². The van der Waals surface area contributed by atoms with Crippen LogP contribution in [0.2, 0.25) is 0 Å². The Morgan fingerprint density at radius 1 is 1.18 bits per heavy atom. The van der Waals surface area contributed by atoms with Crippen molar-refractivity contribution in [3.8, 4) is 17.0 Å². The molecule has 1 saturated carbocycles. The maximum absolute atomic E-state index is 15.3. The van der Waals surface area contributed by atoms with E-state index in [1.54, 1.807) is 19.3 Å². The first-order valence-corrected chi connectivity index (χ1v) is 13.7. The molecule has 38 heavy (non-hydrogen) atoms. The number of aryl methyl sites for hydroxylation is 1. The zero-order valence-corrected chi connectivity index (χ0v) is 23.8. The van der Waals surface area contributed by atoms with Gasteiger partial charge < -0.3 is 19.5 Å². The number of carboxylic acid groups (broad SMARTS) is 1. The number of aliphatic carboxylic acids is 1. The maximum atomic E-state index is 15.3. The van der Waals surface area contributed by atoms with Crippen LogP contribution in [0.15, 0.2) is 18.5 Å². The van der Waals surface area contributed by atoms with Crippen molar-refractivity contribution >= 4 is 11.7 Å². The van der Waals surface area contributed by atoms with Crippen LogP contribution in [-0.2, 0) is 9.53 Å². The number of pyridine rings is 2. The van der Waals surface area contributed by atoms with Gasteiger partial charge in [0.05, 0.1) is 11.3 Å². The number of nitrogens with zero attached hydrogens (tertiary/aromatic N) is 3. The van der Waals surface area contributed by atoms with Crippen LogP contribution >= 0.6 is 0 Å². The third-order valence-corrected chi connectivity index (χ3v) is 7.91. The molecule has 0 bridgehead atoms. The molecule has 2 aliphatic rings. The van der Waals surface area contributed by atoms with Gasteiger partial charge in [-0.25, -0.2) is 14.2 Å². The van der Waals surface area contributed by atoms with Crippen LogP contribution in [0.25, 0.3) is 11.1 Å². The van der Waals surface area contributed by atoms with Crippen molar-refractivity contribution in [2.24, 2.45) is 11.3 Å². The van der Waals surface area contributed by atoms with E-state index in [0.717, 1.165) is 44.5 Å². The summed E-state index contributed by atoms with van der Waals surface area (Å²) in [6.45, 7) is 15.2. The third-order valence-electron chi connectivity index (χ3n) is 7.91. The lowest BCUT2D eigenvalue weighted by Gasteiger charge is -2.41. The Morgan fingerprint density at radius 3 is 2.37 bits per heavy atom. The van der Waals surface area contributed by atoms with E-state index < -0.39 is 23.5 Å². The van der Waals surface area contributed by atoms with Gasteiger partial charge in [0.1, 0.15) is 6.10 Å². The van der Waals surface area contributed by atoms with Crippen molar-refractivity contribution in [1.82, 2.24) is 9.97 Å². The highest BCUT2D eigenvalue weighted by Gasteiger charge is 2.36. The molecule has 1 aliphatic carbocycles. The summed E-state index contributed by atoms with van der Waals surface area (Å²) in [5.41, 5.74) is 2.46. The van der Waals surface area contributed by atoms with Gasteiger partial charge in [-0.2, -0.15) is 0 Å². The minimum Gasteiger partial charge on any atom is -0.479 e. The number of ether oxygens (including phenoxy) is 2. The van der Waals surface area contributed by atoms with Crippen molar-refractivity contribution in [2.75, 3.05) is 18.0 Å². The van der Waals surface area contributed by atoms with Crippen molar-refractivity contribution < 1.29 is 23.8 Å². The first kappa shape index (κ1) is 28.3. The molecule has 0 aromatic carbocycles. The molecule has 0 spiro atoms.